The maximum atomic E-state index is 12.6. The van der Waals surface area contributed by atoms with E-state index in [1.807, 2.05) is 0 Å². The van der Waals surface area contributed by atoms with Gasteiger partial charge in [0.1, 0.15) is 12.1 Å². The number of aromatic nitrogens is 2. The lowest BCUT2D eigenvalue weighted by atomic mass is 10.0. The Morgan fingerprint density at radius 3 is 2.66 bits per heavy atom. The van der Waals surface area contributed by atoms with Crippen molar-refractivity contribution in [2.45, 2.75) is 51.2 Å². The highest BCUT2D eigenvalue weighted by molar-refractivity contribution is 5.93. The van der Waals surface area contributed by atoms with E-state index in [2.05, 4.69) is 20.6 Å². The van der Waals surface area contributed by atoms with E-state index >= 15 is 0 Å². The van der Waals surface area contributed by atoms with Gasteiger partial charge >= 0.3 is 5.97 Å². The van der Waals surface area contributed by atoms with Crippen LogP contribution in [-0.2, 0) is 25.6 Å². The van der Waals surface area contributed by atoms with E-state index in [4.69, 9.17) is 5.73 Å². The Balaban J connectivity index is 1.99. The minimum atomic E-state index is -1.06. The number of nitrogens with two attached hydrogens (primary N) is 1. The lowest BCUT2D eigenvalue weighted by molar-refractivity contribution is -0.148. The summed E-state index contributed by atoms with van der Waals surface area (Å²) >= 11 is 0. The van der Waals surface area contributed by atoms with Crippen LogP contribution in [0.2, 0.25) is 0 Å². The first-order chi connectivity index (χ1) is 13.7. The SMILES string of the molecule is CC(C)C(N)C(=O)NC(Cc1cnc[nH]1)C(=O)NCC(=O)N1CCCC1C(=O)O. The van der Waals surface area contributed by atoms with Crippen LogP contribution in [0.5, 0.6) is 0 Å². The standard InChI is InChI=1S/C18H28N6O5/c1-10(2)15(19)17(27)23-12(6-11-7-20-9-22-11)16(26)21-8-14(25)24-5-3-4-13(24)18(28)29/h7,9-10,12-13,15H,3-6,8,19H2,1-2H3,(H,20,22)(H,21,26)(H,23,27)(H,28,29). The molecular weight excluding hydrogens is 380 g/mol. The Kier molecular flexibility index (Phi) is 7.71. The van der Waals surface area contributed by atoms with Crippen molar-refractivity contribution in [3.05, 3.63) is 18.2 Å². The van der Waals surface area contributed by atoms with Crippen molar-refractivity contribution < 1.29 is 24.3 Å². The van der Waals surface area contributed by atoms with Gasteiger partial charge in [-0.05, 0) is 18.8 Å². The molecule has 160 valence electrons. The molecule has 0 saturated carbocycles. The molecule has 29 heavy (non-hydrogen) atoms. The van der Waals surface area contributed by atoms with E-state index < -0.39 is 41.8 Å². The molecular formula is C18H28N6O5. The van der Waals surface area contributed by atoms with E-state index in [9.17, 15) is 24.3 Å². The van der Waals surface area contributed by atoms with Gasteiger partial charge in [-0.1, -0.05) is 13.8 Å². The van der Waals surface area contributed by atoms with Crippen LogP contribution < -0.4 is 16.4 Å². The first kappa shape index (κ1) is 22.3. The van der Waals surface area contributed by atoms with E-state index in [-0.39, 0.29) is 18.9 Å². The van der Waals surface area contributed by atoms with Crippen molar-refractivity contribution in [2.75, 3.05) is 13.1 Å². The highest BCUT2D eigenvalue weighted by Gasteiger charge is 2.34. The minimum absolute atomic E-state index is 0.115. The number of hydrogen-bond acceptors (Lipinski definition) is 6. The van der Waals surface area contributed by atoms with E-state index in [0.717, 1.165) is 0 Å². The van der Waals surface area contributed by atoms with Gasteiger partial charge in [-0.2, -0.15) is 0 Å². The summed E-state index contributed by atoms with van der Waals surface area (Å²) < 4.78 is 0. The number of rotatable bonds is 9. The van der Waals surface area contributed by atoms with Crippen molar-refractivity contribution >= 4 is 23.7 Å². The van der Waals surface area contributed by atoms with Crippen LogP contribution in [0.25, 0.3) is 0 Å². The summed E-state index contributed by atoms with van der Waals surface area (Å²) in [5, 5.41) is 14.3. The molecule has 1 saturated heterocycles. The number of hydrogen-bond donors (Lipinski definition) is 5. The van der Waals surface area contributed by atoms with Gasteiger partial charge in [0.2, 0.25) is 17.7 Å². The summed E-state index contributed by atoms with van der Waals surface area (Å²) in [6.07, 6.45) is 4.11. The van der Waals surface area contributed by atoms with E-state index in [1.165, 1.54) is 17.4 Å². The second-order valence-electron chi connectivity index (χ2n) is 7.41. The van der Waals surface area contributed by atoms with Crippen molar-refractivity contribution in [3.63, 3.8) is 0 Å². The average molecular weight is 408 g/mol. The molecule has 11 nitrogen and oxygen atoms in total. The molecule has 0 radical (unpaired) electrons. The van der Waals surface area contributed by atoms with Crippen molar-refractivity contribution in [1.29, 1.82) is 0 Å². The third-order valence-corrected chi connectivity index (χ3v) is 4.90. The maximum Gasteiger partial charge on any atom is 0.326 e. The molecule has 3 unspecified atom stereocenters. The molecule has 3 atom stereocenters. The van der Waals surface area contributed by atoms with Gasteiger partial charge < -0.3 is 31.4 Å². The summed E-state index contributed by atoms with van der Waals surface area (Å²) in [6, 6.07) is -2.62. The molecule has 0 aliphatic carbocycles. The van der Waals surface area contributed by atoms with Crippen LogP contribution in [-0.4, -0.2) is 74.9 Å². The second-order valence-corrected chi connectivity index (χ2v) is 7.41. The van der Waals surface area contributed by atoms with E-state index in [0.29, 0.717) is 25.1 Å². The number of aromatic amines is 1. The highest BCUT2D eigenvalue weighted by atomic mass is 16.4. The monoisotopic (exact) mass is 408 g/mol. The fourth-order valence-electron chi connectivity index (χ4n) is 3.11. The van der Waals surface area contributed by atoms with Gasteiger partial charge in [0.25, 0.3) is 0 Å². The third kappa shape index (κ3) is 6.01. The number of carboxylic acids is 1. The zero-order chi connectivity index (χ0) is 21.6. The lowest BCUT2D eigenvalue weighted by Gasteiger charge is -2.24. The predicted molar refractivity (Wildman–Crippen MR) is 102 cm³/mol. The number of amides is 3. The maximum absolute atomic E-state index is 12.6. The smallest absolute Gasteiger partial charge is 0.326 e. The molecule has 2 heterocycles. The molecule has 1 fully saturated rings. The number of carbonyl (C=O) groups excluding carboxylic acids is 3. The summed E-state index contributed by atoms with van der Waals surface area (Å²) in [6.45, 7) is 3.57. The molecule has 0 spiro atoms. The normalized spacial score (nSPS) is 18.3. The van der Waals surface area contributed by atoms with Crippen molar-refractivity contribution in [3.8, 4) is 0 Å². The first-order valence-corrected chi connectivity index (χ1v) is 9.54. The highest BCUT2D eigenvalue weighted by Crippen LogP contribution is 2.17. The molecule has 2 rings (SSSR count). The number of carbonyl (C=O) groups is 4. The Bertz CT molecular complexity index is 735. The van der Waals surface area contributed by atoms with E-state index in [1.54, 1.807) is 13.8 Å². The van der Waals surface area contributed by atoms with Gasteiger partial charge in [-0.15, -0.1) is 0 Å². The van der Waals surface area contributed by atoms with Crippen LogP contribution in [0.4, 0.5) is 0 Å². The molecule has 3 amide bonds. The van der Waals surface area contributed by atoms with Gasteiger partial charge in [-0.25, -0.2) is 9.78 Å². The summed E-state index contributed by atoms with van der Waals surface area (Å²) in [4.78, 5) is 56.5. The quantitative estimate of drug-likeness (QED) is 0.335. The number of likely N-dealkylation sites (tertiary alicyclic amines) is 1. The third-order valence-electron chi connectivity index (χ3n) is 4.90. The zero-order valence-corrected chi connectivity index (χ0v) is 16.6. The van der Waals surface area contributed by atoms with Crippen LogP contribution >= 0.6 is 0 Å². The Hall–Kier alpha value is -2.95. The largest absolute Gasteiger partial charge is 0.480 e. The molecule has 1 aromatic heterocycles. The Morgan fingerprint density at radius 2 is 2.07 bits per heavy atom. The molecule has 1 aromatic rings. The van der Waals surface area contributed by atoms with Crippen molar-refractivity contribution in [2.24, 2.45) is 11.7 Å². The fourth-order valence-corrected chi connectivity index (χ4v) is 3.11. The number of nitrogens with zero attached hydrogens (tertiary/aromatic N) is 2. The van der Waals surface area contributed by atoms with Crippen LogP contribution in [0, 0.1) is 5.92 Å². The summed E-state index contributed by atoms with van der Waals surface area (Å²) in [7, 11) is 0. The fraction of sp³-hybridized carbons (Fsp3) is 0.611. The minimum Gasteiger partial charge on any atom is -0.480 e. The van der Waals surface area contributed by atoms with Crippen LogP contribution in [0.15, 0.2) is 12.5 Å². The van der Waals surface area contributed by atoms with Gasteiger partial charge in [0.05, 0.1) is 18.9 Å². The molecule has 6 N–H and O–H groups in total. The number of H-pyrrole nitrogens is 1. The number of carboxylic acid groups (broad SMARTS) is 1. The lowest BCUT2D eigenvalue weighted by Crippen LogP contribution is -2.55. The molecule has 11 heteroatoms. The number of aliphatic carboxylic acids is 1. The van der Waals surface area contributed by atoms with Crippen molar-refractivity contribution in [1.82, 2.24) is 25.5 Å². The molecule has 1 aliphatic heterocycles. The molecule has 1 aliphatic rings. The van der Waals surface area contributed by atoms with Crippen LogP contribution in [0.1, 0.15) is 32.4 Å². The molecule has 0 bridgehead atoms. The van der Waals surface area contributed by atoms with Gasteiger partial charge in [0.15, 0.2) is 0 Å². The Labute approximate surface area is 168 Å². The summed E-state index contributed by atoms with van der Waals surface area (Å²) in [5.74, 6) is -2.70. The Morgan fingerprint density at radius 1 is 1.34 bits per heavy atom. The second kappa shape index (κ2) is 10.0. The van der Waals surface area contributed by atoms with Gasteiger partial charge in [-0.3, -0.25) is 14.4 Å². The topological polar surface area (TPSA) is 171 Å². The van der Waals surface area contributed by atoms with Gasteiger partial charge in [0, 0.05) is 24.9 Å². The van der Waals surface area contributed by atoms with Crippen LogP contribution in [0.3, 0.4) is 0 Å². The number of imidazole rings is 1. The first-order valence-electron chi connectivity index (χ1n) is 9.54. The predicted octanol–water partition coefficient (Wildman–Crippen LogP) is -1.39. The zero-order valence-electron chi connectivity index (χ0n) is 16.6. The average Bonchev–Trinajstić information content (AvgIpc) is 3.36. The molecule has 0 aromatic carbocycles. The number of nitrogens with one attached hydrogen (secondary N) is 3. The summed E-state index contributed by atoms with van der Waals surface area (Å²) in [5.41, 5.74) is 6.48.